The SMILES string of the molecule is CC(C)N(C)C(=O)N1CCN(c2ncnc3[nH]ccc23)CC2(CC2)C1. The van der Waals surface area contributed by atoms with Gasteiger partial charge in [-0.15, -0.1) is 0 Å². The number of rotatable bonds is 2. The van der Waals surface area contributed by atoms with Gasteiger partial charge in [0.25, 0.3) is 0 Å². The average molecular weight is 342 g/mol. The van der Waals surface area contributed by atoms with Crippen molar-refractivity contribution in [1.29, 1.82) is 0 Å². The molecule has 2 aromatic heterocycles. The topological polar surface area (TPSA) is 68.4 Å². The highest BCUT2D eigenvalue weighted by Crippen LogP contribution is 2.48. The third-order valence-corrected chi connectivity index (χ3v) is 5.63. The van der Waals surface area contributed by atoms with Gasteiger partial charge in [-0.2, -0.15) is 0 Å². The molecule has 3 heterocycles. The van der Waals surface area contributed by atoms with Gasteiger partial charge >= 0.3 is 6.03 Å². The first-order chi connectivity index (χ1) is 12.0. The van der Waals surface area contributed by atoms with Crippen LogP contribution in [-0.4, -0.2) is 70.1 Å². The number of aromatic amines is 1. The maximum Gasteiger partial charge on any atom is 0.320 e. The second kappa shape index (κ2) is 5.89. The number of hydrogen-bond acceptors (Lipinski definition) is 4. The molecule has 1 aliphatic carbocycles. The quantitative estimate of drug-likeness (QED) is 0.909. The molecule has 2 amide bonds. The Balaban J connectivity index is 1.59. The Kier molecular flexibility index (Phi) is 3.81. The lowest BCUT2D eigenvalue weighted by molar-refractivity contribution is 0.148. The molecular weight excluding hydrogens is 316 g/mol. The molecule has 4 rings (SSSR count). The number of urea groups is 1. The number of hydrogen-bond donors (Lipinski definition) is 1. The van der Waals surface area contributed by atoms with E-state index in [0.717, 1.165) is 43.0 Å². The van der Waals surface area contributed by atoms with Crippen molar-refractivity contribution in [3.63, 3.8) is 0 Å². The summed E-state index contributed by atoms with van der Waals surface area (Å²) >= 11 is 0. The Morgan fingerprint density at radius 1 is 1.28 bits per heavy atom. The summed E-state index contributed by atoms with van der Waals surface area (Å²) in [7, 11) is 1.89. The first kappa shape index (κ1) is 16.2. The second-order valence-corrected chi connectivity index (χ2v) is 7.77. The summed E-state index contributed by atoms with van der Waals surface area (Å²) in [5, 5.41) is 1.05. The van der Waals surface area contributed by atoms with Crippen LogP contribution in [0.5, 0.6) is 0 Å². The van der Waals surface area contributed by atoms with Crippen molar-refractivity contribution in [2.75, 3.05) is 38.1 Å². The smallest absolute Gasteiger partial charge is 0.320 e. The van der Waals surface area contributed by atoms with E-state index in [1.807, 2.05) is 29.1 Å². The monoisotopic (exact) mass is 342 g/mol. The number of amides is 2. The molecule has 134 valence electrons. The van der Waals surface area contributed by atoms with Crippen LogP contribution in [0.4, 0.5) is 10.6 Å². The van der Waals surface area contributed by atoms with Gasteiger partial charge < -0.3 is 19.7 Å². The Morgan fingerprint density at radius 2 is 2.08 bits per heavy atom. The van der Waals surface area contributed by atoms with Crippen LogP contribution >= 0.6 is 0 Å². The molecule has 2 aliphatic rings. The van der Waals surface area contributed by atoms with Gasteiger partial charge in [0, 0.05) is 50.9 Å². The summed E-state index contributed by atoms with van der Waals surface area (Å²) in [6.07, 6.45) is 5.88. The van der Waals surface area contributed by atoms with Crippen molar-refractivity contribution < 1.29 is 4.79 Å². The molecule has 2 fully saturated rings. The number of nitrogens with zero attached hydrogens (tertiary/aromatic N) is 5. The largest absolute Gasteiger partial charge is 0.354 e. The van der Waals surface area contributed by atoms with Crippen LogP contribution < -0.4 is 4.90 Å². The average Bonchev–Trinajstić information content (AvgIpc) is 3.24. The fourth-order valence-corrected chi connectivity index (χ4v) is 3.65. The van der Waals surface area contributed by atoms with Crippen molar-refractivity contribution in [3.8, 4) is 0 Å². The van der Waals surface area contributed by atoms with Crippen molar-refractivity contribution in [2.24, 2.45) is 5.41 Å². The normalized spacial score (nSPS) is 19.5. The van der Waals surface area contributed by atoms with Crippen molar-refractivity contribution in [1.82, 2.24) is 24.8 Å². The number of aromatic nitrogens is 3. The number of carbonyl (C=O) groups excluding carboxylic acids is 1. The maximum atomic E-state index is 12.8. The van der Waals surface area contributed by atoms with Crippen molar-refractivity contribution >= 4 is 22.9 Å². The van der Waals surface area contributed by atoms with Gasteiger partial charge in [-0.05, 0) is 32.8 Å². The van der Waals surface area contributed by atoms with Gasteiger partial charge in [-0.1, -0.05) is 0 Å². The van der Waals surface area contributed by atoms with E-state index in [-0.39, 0.29) is 17.5 Å². The fraction of sp³-hybridized carbons (Fsp3) is 0.611. The molecule has 1 N–H and O–H groups in total. The number of H-pyrrole nitrogens is 1. The molecule has 1 aliphatic heterocycles. The van der Waals surface area contributed by atoms with E-state index in [1.165, 1.54) is 12.8 Å². The Labute approximate surface area is 148 Å². The van der Waals surface area contributed by atoms with Crippen molar-refractivity contribution in [3.05, 3.63) is 18.6 Å². The molecular formula is C18H26N6O. The van der Waals surface area contributed by atoms with E-state index in [2.05, 4.69) is 33.7 Å². The van der Waals surface area contributed by atoms with Crippen LogP contribution in [0.3, 0.4) is 0 Å². The standard InChI is InChI=1S/C18H26N6O/c1-13(2)22(3)17(25)24-9-8-23(10-18(11-24)5-6-18)16-14-4-7-19-15(14)20-12-21-16/h4,7,12-13H,5-6,8-11H2,1-3H3,(H,19,20,21). The zero-order chi connectivity index (χ0) is 17.6. The highest BCUT2D eigenvalue weighted by Gasteiger charge is 2.48. The summed E-state index contributed by atoms with van der Waals surface area (Å²) in [6, 6.07) is 2.38. The van der Waals surface area contributed by atoms with E-state index >= 15 is 0 Å². The van der Waals surface area contributed by atoms with Gasteiger partial charge in [-0.25, -0.2) is 14.8 Å². The predicted molar refractivity (Wildman–Crippen MR) is 97.6 cm³/mol. The molecule has 1 saturated carbocycles. The Hall–Kier alpha value is -2.31. The minimum absolute atomic E-state index is 0.137. The van der Waals surface area contributed by atoms with Gasteiger partial charge in [0.15, 0.2) is 0 Å². The van der Waals surface area contributed by atoms with E-state index in [0.29, 0.717) is 0 Å². The van der Waals surface area contributed by atoms with Crippen molar-refractivity contribution in [2.45, 2.75) is 32.7 Å². The summed E-state index contributed by atoms with van der Waals surface area (Å²) in [4.78, 5) is 31.0. The van der Waals surface area contributed by atoms with Gasteiger partial charge in [0.2, 0.25) is 0 Å². The number of anilines is 1. The summed E-state index contributed by atoms with van der Waals surface area (Å²) < 4.78 is 0. The molecule has 1 saturated heterocycles. The lowest BCUT2D eigenvalue weighted by Gasteiger charge is -2.31. The lowest BCUT2D eigenvalue weighted by atomic mass is 10.1. The first-order valence-electron chi connectivity index (χ1n) is 9.04. The zero-order valence-corrected chi connectivity index (χ0v) is 15.2. The zero-order valence-electron chi connectivity index (χ0n) is 15.2. The molecule has 7 heteroatoms. The summed E-state index contributed by atoms with van der Waals surface area (Å²) in [5.41, 5.74) is 1.09. The van der Waals surface area contributed by atoms with Crippen LogP contribution in [0.15, 0.2) is 18.6 Å². The molecule has 0 radical (unpaired) electrons. The van der Waals surface area contributed by atoms with Gasteiger partial charge in [-0.3, -0.25) is 0 Å². The van der Waals surface area contributed by atoms with E-state index in [9.17, 15) is 4.79 Å². The number of fused-ring (bicyclic) bond motifs is 1. The summed E-state index contributed by atoms with van der Waals surface area (Å²) in [6.45, 7) is 7.45. The Bertz CT molecular complexity index is 781. The summed E-state index contributed by atoms with van der Waals surface area (Å²) in [5.74, 6) is 0.976. The minimum Gasteiger partial charge on any atom is -0.354 e. The maximum absolute atomic E-state index is 12.8. The minimum atomic E-state index is 0.137. The lowest BCUT2D eigenvalue weighted by Crippen LogP contribution is -2.46. The Morgan fingerprint density at radius 3 is 2.80 bits per heavy atom. The van der Waals surface area contributed by atoms with E-state index in [4.69, 9.17) is 0 Å². The molecule has 0 unspecified atom stereocenters. The van der Waals surface area contributed by atoms with Crippen LogP contribution in [0, 0.1) is 5.41 Å². The molecule has 25 heavy (non-hydrogen) atoms. The third-order valence-electron chi connectivity index (χ3n) is 5.63. The molecule has 0 aromatic carbocycles. The van der Waals surface area contributed by atoms with E-state index in [1.54, 1.807) is 6.33 Å². The number of nitrogens with one attached hydrogen (secondary N) is 1. The van der Waals surface area contributed by atoms with Crippen LogP contribution in [-0.2, 0) is 0 Å². The van der Waals surface area contributed by atoms with Crippen LogP contribution in [0.1, 0.15) is 26.7 Å². The van der Waals surface area contributed by atoms with Crippen LogP contribution in [0.2, 0.25) is 0 Å². The van der Waals surface area contributed by atoms with Gasteiger partial charge in [0.05, 0.1) is 5.39 Å². The first-order valence-corrected chi connectivity index (χ1v) is 9.04. The van der Waals surface area contributed by atoms with E-state index < -0.39 is 0 Å². The van der Waals surface area contributed by atoms with Gasteiger partial charge in [0.1, 0.15) is 17.8 Å². The molecule has 0 bridgehead atoms. The fourth-order valence-electron chi connectivity index (χ4n) is 3.65. The number of carbonyl (C=O) groups is 1. The molecule has 1 spiro atoms. The third kappa shape index (κ3) is 2.92. The molecule has 0 atom stereocenters. The molecule has 2 aromatic rings. The predicted octanol–water partition coefficient (Wildman–Crippen LogP) is 2.32. The molecule has 7 nitrogen and oxygen atoms in total. The highest BCUT2D eigenvalue weighted by molar-refractivity contribution is 5.87. The van der Waals surface area contributed by atoms with Crippen LogP contribution in [0.25, 0.3) is 11.0 Å². The second-order valence-electron chi connectivity index (χ2n) is 7.77. The highest BCUT2D eigenvalue weighted by atomic mass is 16.2.